The average Bonchev–Trinajstić information content (AvgIpc) is 4.26. The Bertz CT molecular complexity index is 2490. The molecule has 16 heteroatoms. The molecule has 6 aromatic rings. The highest BCUT2D eigenvalue weighted by Gasteiger charge is 2.39. The van der Waals surface area contributed by atoms with E-state index in [1.807, 2.05) is 82.9 Å². The molecular formula is C52H56N10O6. The molecule has 68 heavy (non-hydrogen) atoms. The summed E-state index contributed by atoms with van der Waals surface area (Å²) in [6.45, 7) is 4.96. The van der Waals surface area contributed by atoms with Gasteiger partial charge in [-0.15, -0.1) is 0 Å². The van der Waals surface area contributed by atoms with Gasteiger partial charge in [0.25, 0.3) is 0 Å². The Kier molecular flexibility index (Phi) is 13.3. The van der Waals surface area contributed by atoms with Crippen LogP contribution in [0.2, 0.25) is 0 Å². The first-order valence-electron chi connectivity index (χ1n) is 23.7. The van der Waals surface area contributed by atoms with E-state index in [2.05, 4.69) is 69.1 Å². The molecule has 0 saturated carbocycles. The number of nitrogens with one attached hydrogen (secondary N) is 4. The second-order valence-electron chi connectivity index (χ2n) is 17.7. The minimum Gasteiger partial charge on any atom is -0.378 e. The summed E-state index contributed by atoms with van der Waals surface area (Å²) in [5, 5.41) is 6.06. The van der Waals surface area contributed by atoms with E-state index in [0.29, 0.717) is 65.7 Å². The lowest BCUT2D eigenvalue weighted by Crippen LogP contribution is -2.50. The van der Waals surface area contributed by atoms with Crippen molar-refractivity contribution in [3.05, 3.63) is 144 Å². The normalized spacial score (nSPS) is 19.4. The summed E-state index contributed by atoms with van der Waals surface area (Å²) in [6.07, 6.45) is 6.82. The van der Waals surface area contributed by atoms with E-state index < -0.39 is 12.1 Å². The number of likely N-dealkylation sites (tertiary alicyclic amines) is 2. The van der Waals surface area contributed by atoms with Crippen molar-refractivity contribution >= 4 is 23.9 Å². The highest BCUT2D eigenvalue weighted by Crippen LogP contribution is 2.36. The van der Waals surface area contributed by atoms with Crippen molar-refractivity contribution in [1.82, 2.24) is 50.2 Å². The number of hydrogen-bond donors (Lipinski definition) is 4. The largest absolute Gasteiger partial charge is 0.378 e. The van der Waals surface area contributed by atoms with Gasteiger partial charge in [0.15, 0.2) is 0 Å². The lowest BCUT2D eigenvalue weighted by atomic mass is 10.0. The summed E-state index contributed by atoms with van der Waals surface area (Å²) >= 11 is 0. The molecular weight excluding hydrogens is 861 g/mol. The number of rotatable bonds is 11. The van der Waals surface area contributed by atoms with Crippen molar-refractivity contribution in [2.75, 3.05) is 65.7 Å². The zero-order chi connectivity index (χ0) is 46.4. The third kappa shape index (κ3) is 9.60. The van der Waals surface area contributed by atoms with Crippen LogP contribution in [0, 0.1) is 0 Å². The van der Waals surface area contributed by atoms with Gasteiger partial charge in [0.05, 0.1) is 62.3 Å². The number of benzene rings is 4. The molecule has 16 nitrogen and oxygen atoms in total. The molecule has 4 fully saturated rings. The minimum atomic E-state index is -0.831. The summed E-state index contributed by atoms with van der Waals surface area (Å²) < 4.78 is 10.9. The maximum atomic E-state index is 14.3. The van der Waals surface area contributed by atoms with Gasteiger partial charge in [-0.2, -0.15) is 0 Å². The highest BCUT2D eigenvalue weighted by molar-refractivity contribution is 5.90. The van der Waals surface area contributed by atoms with Crippen LogP contribution >= 0.6 is 0 Å². The number of carbonyl (C=O) groups excluding carboxylic acids is 4. The number of hydrogen-bond acceptors (Lipinski definition) is 8. The van der Waals surface area contributed by atoms with Crippen molar-refractivity contribution in [2.45, 2.75) is 49.9 Å². The van der Waals surface area contributed by atoms with E-state index in [0.717, 1.165) is 82.1 Å². The van der Waals surface area contributed by atoms with Crippen LogP contribution in [0.3, 0.4) is 0 Å². The van der Waals surface area contributed by atoms with Crippen LogP contribution in [0.25, 0.3) is 33.6 Å². The Balaban J connectivity index is 0.790. The molecule has 2 aromatic heterocycles. The van der Waals surface area contributed by atoms with Gasteiger partial charge in [0.2, 0.25) is 11.8 Å². The molecule has 6 amide bonds. The number of aromatic nitrogens is 4. The molecule has 350 valence electrons. The van der Waals surface area contributed by atoms with E-state index in [-0.39, 0.29) is 36.0 Å². The third-order valence-corrected chi connectivity index (χ3v) is 13.5. The minimum absolute atomic E-state index is 0.158. The fourth-order valence-corrected chi connectivity index (χ4v) is 9.78. The third-order valence-electron chi connectivity index (χ3n) is 13.5. The van der Waals surface area contributed by atoms with Crippen molar-refractivity contribution in [3.8, 4) is 33.6 Å². The molecule has 4 saturated heterocycles. The standard InChI is InChI=1S/C52H56N10O6/c63-49(45(39-9-3-1-4-10-39)57-51(65)59-25-29-67-30-26-59)61-23-7-13-43(61)47-53-33-41(55-47)37-19-15-35(16-20-37)36-17-21-38(22-18-36)42-34-54-48(56-42)44-14-8-24-62(44)50(64)46(40-11-5-2-6-12-40)58-52(66)60-27-31-68-32-28-60/h1-6,9-12,15-22,33-34,43-46H,7-8,13-14,23-32H2,(H,53,55)(H,54,56)(H,57,65)(H,58,66)/t43?,44?,45-,46-/m1/s1. The molecule has 4 aromatic carbocycles. The Morgan fingerprint density at radius 3 is 1.25 bits per heavy atom. The maximum Gasteiger partial charge on any atom is 0.318 e. The number of H-pyrrole nitrogens is 2. The van der Waals surface area contributed by atoms with Gasteiger partial charge in [-0.3, -0.25) is 9.59 Å². The van der Waals surface area contributed by atoms with Crippen LogP contribution in [0.1, 0.15) is 72.6 Å². The molecule has 0 radical (unpaired) electrons. The number of amides is 6. The summed E-state index contributed by atoms with van der Waals surface area (Å²) in [4.78, 5) is 78.9. The van der Waals surface area contributed by atoms with Gasteiger partial charge < -0.3 is 49.7 Å². The predicted molar refractivity (Wildman–Crippen MR) is 255 cm³/mol. The van der Waals surface area contributed by atoms with Gasteiger partial charge >= 0.3 is 12.1 Å². The van der Waals surface area contributed by atoms with E-state index >= 15 is 0 Å². The van der Waals surface area contributed by atoms with E-state index in [1.165, 1.54) is 0 Å². The summed E-state index contributed by atoms with van der Waals surface area (Å²) in [7, 11) is 0. The van der Waals surface area contributed by atoms with Gasteiger partial charge in [0.1, 0.15) is 23.7 Å². The topological polar surface area (TPSA) is 181 Å². The van der Waals surface area contributed by atoms with Crippen LogP contribution in [0.5, 0.6) is 0 Å². The van der Waals surface area contributed by atoms with Gasteiger partial charge in [-0.25, -0.2) is 19.6 Å². The number of ether oxygens (including phenoxy) is 2. The smallest absolute Gasteiger partial charge is 0.318 e. The second-order valence-corrected chi connectivity index (χ2v) is 17.7. The molecule has 10 rings (SSSR count). The van der Waals surface area contributed by atoms with Crippen LogP contribution < -0.4 is 10.6 Å². The second kappa shape index (κ2) is 20.3. The quantitative estimate of drug-likeness (QED) is 0.107. The van der Waals surface area contributed by atoms with E-state index in [1.54, 1.807) is 9.80 Å². The maximum absolute atomic E-state index is 14.3. The molecule has 0 spiro atoms. The summed E-state index contributed by atoms with van der Waals surface area (Å²) in [6, 6.07) is 32.7. The van der Waals surface area contributed by atoms with Crippen LogP contribution in [0.4, 0.5) is 9.59 Å². The summed E-state index contributed by atoms with van der Waals surface area (Å²) in [5.41, 5.74) is 7.23. The van der Waals surface area contributed by atoms with Crippen LogP contribution in [-0.4, -0.2) is 129 Å². The molecule has 6 heterocycles. The van der Waals surface area contributed by atoms with Gasteiger partial charge in [-0.1, -0.05) is 109 Å². The van der Waals surface area contributed by atoms with Crippen LogP contribution in [-0.2, 0) is 19.1 Å². The predicted octanol–water partition coefficient (Wildman–Crippen LogP) is 7.03. The molecule has 4 aliphatic heterocycles. The lowest BCUT2D eigenvalue weighted by Gasteiger charge is -2.32. The fraction of sp³-hybridized carbons (Fsp3) is 0.346. The highest BCUT2D eigenvalue weighted by atomic mass is 16.5. The first-order valence-corrected chi connectivity index (χ1v) is 23.7. The number of carbonyl (C=O) groups is 4. The van der Waals surface area contributed by atoms with Crippen molar-refractivity contribution in [3.63, 3.8) is 0 Å². The molecule has 0 aliphatic carbocycles. The summed E-state index contributed by atoms with van der Waals surface area (Å²) in [5.74, 6) is 1.12. The molecule has 4 atom stereocenters. The number of imidazole rings is 2. The van der Waals surface area contributed by atoms with Gasteiger partial charge in [-0.05, 0) is 59.1 Å². The monoisotopic (exact) mass is 916 g/mol. The Labute approximate surface area is 395 Å². The van der Waals surface area contributed by atoms with E-state index in [4.69, 9.17) is 19.4 Å². The van der Waals surface area contributed by atoms with Gasteiger partial charge in [0, 0.05) is 39.3 Å². The van der Waals surface area contributed by atoms with Crippen LogP contribution in [0.15, 0.2) is 122 Å². The zero-order valence-corrected chi connectivity index (χ0v) is 37.9. The Morgan fingerprint density at radius 1 is 0.500 bits per heavy atom. The zero-order valence-electron chi connectivity index (χ0n) is 37.9. The van der Waals surface area contributed by atoms with Crippen molar-refractivity contribution in [1.29, 1.82) is 0 Å². The first-order chi connectivity index (χ1) is 33.4. The number of nitrogens with zero attached hydrogens (tertiary/aromatic N) is 6. The number of urea groups is 2. The number of aromatic amines is 2. The van der Waals surface area contributed by atoms with Crippen molar-refractivity contribution < 1.29 is 28.7 Å². The number of morpholine rings is 2. The molecule has 4 N–H and O–H groups in total. The average molecular weight is 917 g/mol. The Hall–Kier alpha value is -7.30. The van der Waals surface area contributed by atoms with E-state index in [9.17, 15) is 19.2 Å². The molecule has 0 bridgehead atoms. The fourth-order valence-electron chi connectivity index (χ4n) is 9.78. The lowest BCUT2D eigenvalue weighted by molar-refractivity contribution is -0.135. The van der Waals surface area contributed by atoms with Crippen molar-refractivity contribution in [2.24, 2.45) is 0 Å². The Morgan fingerprint density at radius 2 is 0.868 bits per heavy atom. The first kappa shape index (κ1) is 44.5. The molecule has 4 aliphatic rings. The molecule has 2 unspecified atom stereocenters. The SMILES string of the molecule is O=C(N[C@@H](C(=O)N1CCCC1c1ncc(-c2ccc(-c3ccc(-c4cnc(C5CCCN5C(=O)[C@H](NC(=O)N5CCOCC5)c5ccccc5)[nH]4)cc3)cc2)[nH]1)c1ccccc1)N1CCOCC1.